The van der Waals surface area contributed by atoms with Crippen LogP contribution in [0, 0.1) is 0 Å². The predicted octanol–water partition coefficient (Wildman–Crippen LogP) is 5.71. The van der Waals surface area contributed by atoms with Crippen LogP contribution in [0.15, 0.2) is 12.2 Å². The molecule has 0 rings (SSSR count). The van der Waals surface area contributed by atoms with E-state index in [4.69, 9.17) is 10.2 Å². The van der Waals surface area contributed by atoms with E-state index in [9.17, 15) is 19.5 Å². The Morgan fingerprint density at radius 2 is 1.00 bits per heavy atom. The molecule has 0 fully saturated rings. The Hall–Kier alpha value is -1.89. The molecule has 2 N–H and O–H groups in total. The number of unbranched alkanes of at least 4 members (excludes halogenated alkanes) is 11. The second-order valence-corrected chi connectivity index (χ2v) is 10.3. The summed E-state index contributed by atoms with van der Waals surface area (Å²) in [6.07, 6.45) is 21.5. The number of allylic oxidation sites excluding steroid dienone is 2. The number of quaternary nitrogens is 1. The van der Waals surface area contributed by atoms with E-state index in [1.807, 2.05) is 0 Å². The van der Waals surface area contributed by atoms with Crippen LogP contribution in [0.25, 0.3) is 0 Å². The van der Waals surface area contributed by atoms with E-state index in [2.05, 4.69) is 19.1 Å². The van der Waals surface area contributed by atoms with Crippen LogP contribution in [0.2, 0.25) is 0 Å². The van der Waals surface area contributed by atoms with Gasteiger partial charge in [0, 0.05) is 25.2 Å². The van der Waals surface area contributed by atoms with Gasteiger partial charge in [-0.3, -0.25) is 9.59 Å². The van der Waals surface area contributed by atoms with Crippen molar-refractivity contribution in [3.05, 3.63) is 12.2 Å². The summed E-state index contributed by atoms with van der Waals surface area (Å²) in [5, 5.41) is 28.8. The zero-order chi connectivity index (χ0) is 26.9. The van der Waals surface area contributed by atoms with E-state index in [0.717, 1.165) is 69.2 Å². The summed E-state index contributed by atoms with van der Waals surface area (Å²) in [6.45, 7) is 5.74. The average molecular weight is 512 g/mol. The van der Waals surface area contributed by atoms with Gasteiger partial charge in [-0.25, -0.2) is 0 Å². The van der Waals surface area contributed by atoms with Gasteiger partial charge < -0.3 is 24.6 Å². The van der Waals surface area contributed by atoms with Crippen molar-refractivity contribution in [1.29, 1.82) is 0 Å². The van der Waals surface area contributed by atoms with E-state index < -0.39 is 17.9 Å². The zero-order valence-electron chi connectivity index (χ0n) is 22.9. The third-order valence-corrected chi connectivity index (χ3v) is 6.95. The molecule has 0 bridgehead atoms. The molecule has 0 aromatic carbocycles. The molecular formula is C29H53NO6. The molecule has 0 aromatic rings. The van der Waals surface area contributed by atoms with Crippen LogP contribution in [0.4, 0.5) is 0 Å². The molecule has 0 saturated carbocycles. The average Bonchev–Trinajstić information content (AvgIpc) is 2.82. The van der Waals surface area contributed by atoms with Crippen molar-refractivity contribution in [3.63, 3.8) is 0 Å². The molecule has 7 nitrogen and oxygen atoms in total. The summed E-state index contributed by atoms with van der Waals surface area (Å²) in [7, 11) is 0. The van der Waals surface area contributed by atoms with Crippen LogP contribution in [0.5, 0.6) is 0 Å². The Bertz CT molecular complexity index is 550. The Labute approximate surface area is 219 Å². The highest BCUT2D eigenvalue weighted by Crippen LogP contribution is 2.18. The molecule has 0 radical (unpaired) electrons. The minimum atomic E-state index is -1.03. The van der Waals surface area contributed by atoms with Gasteiger partial charge in [-0.05, 0) is 64.2 Å². The molecule has 36 heavy (non-hydrogen) atoms. The first-order valence-electron chi connectivity index (χ1n) is 14.4. The Morgan fingerprint density at radius 1 is 0.583 bits per heavy atom. The van der Waals surface area contributed by atoms with Crippen molar-refractivity contribution in [2.45, 2.75) is 129 Å². The lowest BCUT2D eigenvalue weighted by Crippen LogP contribution is -2.51. The summed E-state index contributed by atoms with van der Waals surface area (Å²) in [5.41, 5.74) is 0. The zero-order valence-corrected chi connectivity index (χ0v) is 22.9. The van der Waals surface area contributed by atoms with Crippen molar-refractivity contribution >= 4 is 17.9 Å². The largest absolute Gasteiger partial charge is 0.550 e. The van der Waals surface area contributed by atoms with Crippen LogP contribution in [0.1, 0.15) is 129 Å². The maximum absolute atomic E-state index is 10.9. The maximum atomic E-state index is 10.9. The Balaban J connectivity index is 4.73. The molecule has 0 aromatic heterocycles. The topological polar surface area (TPSA) is 115 Å². The second-order valence-electron chi connectivity index (χ2n) is 10.3. The fraction of sp³-hybridized carbons (Fsp3) is 0.828. The maximum Gasteiger partial charge on any atom is 0.303 e. The monoisotopic (exact) mass is 511 g/mol. The molecule has 0 amide bonds. The number of carboxylic acids is 3. The van der Waals surface area contributed by atoms with E-state index in [1.54, 1.807) is 0 Å². The first-order chi connectivity index (χ1) is 17.3. The number of nitrogens with zero attached hydrogens (tertiary/aromatic N) is 1. The van der Waals surface area contributed by atoms with Gasteiger partial charge in [0.05, 0.1) is 26.2 Å². The van der Waals surface area contributed by atoms with Crippen LogP contribution in [-0.2, 0) is 14.4 Å². The first kappa shape index (κ1) is 34.1. The highest BCUT2D eigenvalue weighted by molar-refractivity contribution is 5.66. The van der Waals surface area contributed by atoms with Gasteiger partial charge in [-0.15, -0.1) is 0 Å². The number of carbonyl (C=O) groups excluding carboxylic acids is 1. The van der Waals surface area contributed by atoms with Crippen molar-refractivity contribution in [2.24, 2.45) is 0 Å². The third kappa shape index (κ3) is 22.6. The lowest BCUT2D eigenvalue weighted by Gasteiger charge is -2.39. The Kier molecular flexibility index (Phi) is 22.3. The summed E-state index contributed by atoms with van der Waals surface area (Å²) < 4.78 is 0.817. The van der Waals surface area contributed by atoms with E-state index in [0.29, 0.717) is 19.3 Å². The second kappa shape index (κ2) is 23.5. The summed E-state index contributed by atoms with van der Waals surface area (Å²) in [5.74, 6) is -2.59. The normalized spacial score (nSPS) is 11.8. The molecule has 0 atom stereocenters. The van der Waals surface area contributed by atoms with Crippen LogP contribution in [-0.4, -0.2) is 58.8 Å². The molecule has 0 spiro atoms. The molecule has 0 aliphatic rings. The van der Waals surface area contributed by atoms with Crippen molar-refractivity contribution in [3.8, 4) is 0 Å². The van der Waals surface area contributed by atoms with Crippen molar-refractivity contribution in [2.75, 3.05) is 26.2 Å². The number of carbonyl (C=O) groups is 3. The van der Waals surface area contributed by atoms with Crippen molar-refractivity contribution < 1.29 is 34.2 Å². The SMILES string of the molecule is CCCCCCCCC/C=C/CCC[N+](CCCCC(=O)[O-])(CCCCC(=O)O)CCCCC(=O)O. The Morgan fingerprint density at radius 3 is 1.47 bits per heavy atom. The molecule has 0 aliphatic carbocycles. The number of aliphatic carboxylic acids is 3. The fourth-order valence-electron chi connectivity index (χ4n) is 4.83. The summed E-state index contributed by atoms with van der Waals surface area (Å²) in [4.78, 5) is 32.7. The highest BCUT2D eigenvalue weighted by Gasteiger charge is 2.26. The van der Waals surface area contributed by atoms with Gasteiger partial charge in [0.25, 0.3) is 0 Å². The van der Waals surface area contributed by atoms with Gasteiger partial charge in [0.15, 0.2) is 0 Å². The molecule has 0 unspecified atom stereocenters. The van der Waals surface area contributed by atoms with E-state index in [-0.39, 0.29) is 19.3 Å². The first-order valence-corrected chi connectivity index (χ1v) is 14.4. The lowest BCUT2D eigenvalue weighted by atomic mass is 10.1. The van der Waals surface area contributed by atoms with Crippen LogP contribution in [0.3, 0.4) is 0 Å². The van der Waals surface area contributed by atoms with Crippen LogP contribution < -0.4 is 5.11 Å². The number of hydrogen-bond donors (Lipinski definition) is 2. The fourth-order valence-corrected chi connectivity index (χ4v) is 4.83. The van der Waals surface area contributed by atoms with Gasteiger partial charge in [0.1, 0.15) is 0 Å². The highest BCUT2D eigenvalue weighted by atomic mass is 16.4. The molecule has 0 heterocycles. The van der Waals surface area contributed by atoms with E-state index in [1.165, 1.54) is 44.9 Å². The standard InChI is InChI=1S/C29H53NO6/c1-2-3-4-5-6-7-8-9-10-11-12-16-23-30(24-17-13-20-27(31)32,25-18-14-21-28(33)34)26-19-15-22-29(35)36/h10-11H,2-9,12-26H2,1H3,(H2-,31,32,33,34,35,36)/b11-10+. The van der Waals surface area contributed by atoms with Gasteiger partial charge in [0.2, 0.25) is 0 Å². The number of rotatable bonds is 27. The van der Waals surface area contributed by atoms with Crippen LogP contribution >= 0.6 is 0 Å². The molecule has 7 heteroatoms. The van der Waals surface area contributed by atoms with Crippen molar-refractivity contribution in [1.82, 2.24) is 0 Å². The quantitative estimate of drug-likeness (QED) is 0.0829. The molecule has 210 valence electrons. The van der Waals surface area contributed by atoms with Gasteiger partial charge >= 0.3 is 11.9 Å². The molecular weight excluding hydrogens is 458 g/mol. The minimum Gasteiger partial charge on any atom is -0.550 e. The summed E-state index contributed by atoms with van der Waals surface area (Å²) >= 11 is 0. The van der Waals surface area contributed by atoms with Gasteiger partial charge in [-0.2, -0.15) is 0 Å². The summed E-state index contributed by atoms with van der Waals surface area (Å²) in [6, 6.07) is 0. The van der Waals surface area contributed by atoms with Gasteiger partial charge in [-0.1, -0.05) is 57.6 Å². The smallest absolute Gasteiger partial charge is 0.303 e. The number of hydrogen-bond acceptors (Lipinski definition) is 4. The lowest BCUT2D eigenvalue weighted by molar-refractivity contribution is -0.929. The van der Waals surface area contributed by atoms with E-state index >= 15 is 0 Å². The number of carboxylic acid groups (broad SMARTS) is 3. The predicted molar refractivity (Wildman–Crippen MR) is 143 cm³/mol. The minimum absolute atomic E-state index is 0.0549. The molecule has 0 saturated heterocycles. The third-order valence-electron chi connectivity index (χ3n) is 6.95. The molecule has 0 aliphatic heterocycles.